The Morgan fingerprint density at radius 2 is 2.00 bits per heavy atom. The molecular weight excluding hydrogens is 306 g/mol. The van der Waals surface area contributed by atoms with Crippen LogP contribution in [-0.4, -0.2) is 37.2 Å². The number of aromatic nitrogens is 6. The molecular formula is C16H15N7O. The quantitative estimate of drug-likeness (QED) is 0.521. The zero-order valence-corrected chi connectivity index (χ0v) is 12.9. The Morgan fingerprint density at radius 3 is 2.83 bits per heavy atom. The molecule has 0 unspecified atom stereocenters. The van der Waals surface area contributed by atoms with E-state index in [2.05, 4.69) is 35.5 Å². The molecule has 0 spiro atoms. The van der Waals surface area contributed by atoms with E-state index in [-0.39, 0.29) is 0 Å². The summed E-state index contributed by atoms with van der Waals surface area (Å²) in [6, 6.07) is 9.54. The van der Waals surface area contributed by atoms with Gasteiger partial charge in [-0.3, -0.25) is 5.10 Å². The number of hydrogen-bond donors (Lipinski definition) is 3. The molecule has 8 nitrogen and oxygen atoms in total. The van der Waals surface area contributed by atoms with Crippen molar-refractivity contribution < 1.29 is 4.74 Å². The van der Waals surface area contributed by atoms with Crippen LogP contribution in [-0.2, 0) is 6.54 Å². The predicted octanol–water partition coefficient (Wildman–Crippen LogP) is 2.36. The molecule has 0 saturated heterocycles. The van der Waals surface area contributed by atoms with E-state index in [9.17, 15) is 0 Å². The van der Waals surface area contributed by atoms with E-state index in [0.29, 0.717) is 12.4 Å². The highest BCUT2D eigenvalue weighted by Gasteiger charge is 2.08. The molecule has 0 bridgehead atoms. The van der Waals surface area contributed by atoms with Gasteiger partial charge in [-0.2, -0.15) is 5.10 Å². The number of hydrogen-bond acceptors (Lipinski definition) is 6. The SMILES string of the molecule is COc1ccc(-c2n[nH]c(CNc3ncnc4[nH]ccc34)n2)cc1. The number of H-pyrrole nitrogens is 2. The van der Waals surface area contributed by atoms with Crippen molar-refractivity contribution in [1.29, 1.82) is 0 Å². The van der Waals surface area contributed by atoms with Crippen molar-refractivity contribution in [3.63, 3.8) is 0 Å². The summed E-state index contributed by atoms with van der Waals surface area (Å²) in [5.74, 6) is 2.92. The highest BCUT2D eigenvalue weighted by atomic mass is 16.5. The molecule has 1 aromatic carbocycles. The normalized spacial score (nSPS) is 10.9. The number of nitrogens with one attached hydrogen (secondary N) is 3. The van der Waals surface area contributed by atoms with E-state index in [1.165, 1.54) is 6.33 Å². The van der Waals surface area contributed by atoms with Gasteiger partial charge in [0.2, 0.25) is 0 Å². The Morgan fingerprint density at radius 1 is 1.12 bits per heavy atom. The third-order valence-corrected chi connectivity index (χ3v) is 3.66. The molecule has 0 aliphatic carbocycles. The Kier molecular flexibility index (Phi) is 3.54. The third kappa shape index (κ3) is 2.65. The average molecular weight is 321 g/mol. The number of rotatable bonds is 5. The van der Waals surface area contributed by atoms with Crippen LogP contribution in [0.4, 0.5) is 5.82 Å². The van der Waals surface area contributed by atoms with Gasteiger partial charge in [0.1, 0.15) is 29.4 Å². The minimum atomic E-state index is 0.487. The molecule has 0 aliphatic rings. The maximum absolute atomic E-state index is 5.15. The summed E-state index contributed by atoms with van der Waals surface area (Å²) >= 11 is 0. The standard InChI is InChI=1S/C16H15N7O/c1-24-11-4-2-10(3-5-11)14-21-13(22-23-14)8-18-16-12-6-7-17-15(12)19-9-20-16/h2-7,9H,8H2,1H3,(H,21,22,23)(H2,17,18,19,20). The highest BCUT2D eigenvalue weighted by molar-refractivity contribution is 5.86. The van der Waals surface area contributed by atoms with Crippen molar-refractivity contribution >= 4 is 16.9 Å². The Hall–Kier alpha value is -3.42. The fourth-order valence-corrected chi connectivity index (χ4v) is 2.42. The molecule has 0 aliphatic heterocycles. The van der Waals surface area contributed by atoms with Gasteiger partial charge in [-0.15, -0.1) is 0 Å². The second-order valence-electron chi connectivity index (χ2n) is 5.15. The molecule has 0 saturated carbocycles. The van der Waals surface area contributed by atoms with E-state index in [0.717, 1.165) is 34.0 Å². The van der Waals surface area contributed by atoms with Gasteiger partial charge in [0.15, 0.2) is 5.82 Å². The van der Waals surface area contributed by atoms with Crippen LogP contribution >= 0.6 is 0 Å². The minimum absolute atomic E-state index is 0.487. The molecule has 120 valence electrons. The monoisotopic (exact) mass is 321 g/mol. The number of aromatic amines is 2. The number of methoxy groups -OCH3 is 1. The summed E-state index contributed by atoms with van der Waals surface area (Å²) in [7, 11) is 1.64. The first-order chi connectivity index (χ1) is 11.8. The molecule has 3 N–H and O–H groups in total. The summed E-state index contributed by atoms with van der Waals surface area (Å²) in [6.07, 6.45) is 3.35. The second-order valence-corrected chi connectivity index (χ2v) is 5.15. The highest BCUT2D eigenvalue weighted by Crippen LogP contribution is 2.20. The van der Waals surface area contributed by atoms with Crippen molar-refractivity contribution in [1.82, 2.24) is 30.1 Å². The van der Waals surface area contributed by atoms with Gasteiger partial charge >= 0.3 is 0 Å². The van der Waals surface area contributed by atoms with Gasteiger partial charge in [-0.05, 0) is 30.3 Å². The molecule has 0 amide bonds. The van der Waals surface area contributed by atoms with Gasteiger partial charge in [0, 0.05) is 11.8 Å². The fraction of sp³-hybridized carbons (Fsp3) is 0.125. The van der Waals surface area contributed by atoms with Crippen molar-refractivity contribution in [2.75, 3.05) is 12.4 Å². The molecule has 3 heterocycles. The molecule has 0 fully saturated rings. The van der Waals surface area contributed by atoms with Crippen LogP contribution in [0.1, 0.15) is 5.82 Å². The minimum Gasteiger partial charge on any atom is -0.497 e. The number of anilines is 1. The zero-order chi connectivity index (χ0) is 16.4. The topological polar surface area (TPSA) is 104 Å². The lowest BCUT2D eigenvalue weighted by Gasteiger charge is -2.03. The van der Waals surface area contributed by atoms with E-state index >= 15 is 0 Å². The van der Waals surface area contributed by atoms with E-state index < -0.39 is 0 Å². The smallest absolute Gasteiger partial charge is 0.181 e. The van der Waals surface area contributed by atoms with E-state index in [1.807, 2.05) is 36.5 Å². The van der Waals surface area contributed by atoms with Crippen LogP contribution < -0.4 is 10.1 Å². The van der Waals surface area contributed by atoms with E-state index in [4.69, 9.17) is 4.74 Å². The van der Waals surface area contributed by atoms with Crippen LogP contribution in [0.2, 0.25) is 0 Å². The fourth-order valence-electron chi connectivity index (χ4n) is 2.42. The van der Waals surface area contributed by atoms with Crippen LogP contribution in [0.15, 0.2) is 42.9 Å². The number of fused-ring (bicyclic) bond motifs is 1. The zero-order valence-electron chi connectivity index (χ0n) is 12.9. The van der Waals surface area contributed by atoms with Crippen LogP contribution in [0.3, 0.4) is 0 Å². The average Bonchev–Trinajstić information content (AvgIpc) is 3.29. The number of ether oxygens (including phenoxy) is 1. The van der Waals surface area contributed by atoms with Gasteiger partial charge in [0.25, 0.3) is 0 Å². The van der Waals surface area contributed by atoms with Crippen molar-refractivity contribution in [2.45, 2.75) is 6.54 Å². The van der Waals surface area contributed by atoms with Crippen LogP contribution in [0.5, 0.6) is 5.75 Å². The number of benzene rings is 1. The van der Waals surface area contributed by atoms with E-state index in [1.54, 1.807) is 7.11 Å². The number of nitrogens with zero attached hydrogens (tertiary/aromatic N) is 4. The first-order valence-corrected chi connectivity index (χ1v) is 7.41. The van der Waals surface area contributed by atoms with Gasteiger partial charge in [-0.1, -0.05) is 0 Å². The third-order valence-electron chi connectivity index (χ3n) is 3.66. The van der Waals surface area contributed by atoms with Crippen LogP contribution in [0.25, 0.3) is 22.4 Å². The summed E-state index contributed by atoms with van der Waals surface area (Å²) < 4.78 is 5.15. The molecule has 3 aromatic heterocycles. The maximum atomic E-state index is 5.15. The molecule has 0 radical (unpaired) electrons. The largest absolute Gasteiger partial charge is 0.497 e. The van der Waals surface area contributed by atoms with Crippen LogP contribution in [0, 0.1) is 0 Å². The van der Waals surface area contributed by atoms with Gasteiger partial charge < -0.3 is 15.0 Å². The lowest BCUT2D eigenvalue weighted by atomic mass is 10.2. The summed E-state index contributed by atoms with van der Waals surface area (Å²) in [6.45, 7) is 0.487. The van der Waals surface area contributed by atoms with Gasteiger partial charge in [-0.25, -0.2) is 15.0 Å². The molecule has 8 heteroatoms. The molecule has 0 atom stereocenters. The molecule has 24 heavy (non-hydrogen) atoms. The molecule has 4 aromatic rings. The summed E-state index contributed by atoms with van der Waals surface area (Å²) in [4.78, 5) is 16.0. The Bertz CT molecular complexity index is 958. The second kappa shape index (κ2) is 5.99. The van der Waals surface area contributed by atoms with Crippen molar-refractivity contribution in [3.8, 4) is 17.1 Å². The first-order valence-electron chi connectivity index (χ1n) is 7.41. The lowest BCUT2D eigenvalue weighted by Crippen LogP contribution is -2.03. The maximum Gasteiger partial charge on any atom is 0.181 e. The van der Waals surface area contributed by atoms with Crippen molar-refractivity contribution in [3.05, 3.63) is 48.7 Å². The summed E-state index contributed by atoms with van der Waals surface area (Å²) in [5.41, 5.74) is 1.72. The Labute approximate surface area is 137 Å². The summed E-state index contributed by atoms with van der Waals surface area (Å²) in [5, 5.41) is 11.4. The Balaban J connectivity index is 1.50. The van der Waals surface area contributed by atoms with Crippen molar-refractivity contribution in [2.24, 2.45) is 0 Å². The van der Waals surface area contributed by atoms with Gasteiger partial charge in [0.05, 0.1) is 19.0 Å². The predicted molar refractivity (Wildman–Crippen MR) is 89.6 cm³/mol. The molecule has 4 rings (SSSR count). The first kappa shape index (κ1) is 14.2. The lowest BCUT2D eigenvalue weighted by molar-refractivity contribution is 0.415.